The molecular formula is C18H20BrNO2. The molecule has 1 aliphatic rings. The van der Waals surface area contributed by atoms with Crippen molar-refractivity contribution in [3.63, 3.8) is 0 Å². The normalized spacial score (nSPS) is 20.8. The third-order valence-electron chi connectivity index (χ3n) is 4.85. The van der Waals surface area contributed by atoms with Gasteiger partial charge in [-0.15, -0.1) is 6.58 Å². The number of aryl methyl sites for hydroxylation is 2. The number of rotatable bonds is 4. The fraction of sp³-hybridized carbons (Fsp3) is 0.389. The first-order valence-electron chi connectivity index (χ1n) is 7.61. The minimum Gasteiger partial charge on any atom is -0.481 e. The molecule has 2 aromatic rings. The van der Waals surface area contributed by atoms with Crippen molar-refractivity contribution in [3.05, 3.63) is 46.1 Å². The number of aromatic amines is 1. The highest BCUT2D eigenvalue weighted by atomic mass is 79.9. The summed E-state index contributed by atoms with van der Waals surface area (Å²) in [6.07, 6.45) is 5.59. The Labute approximate surface area is 138 Å². The molecule has 22 heavy (non-hydrogen) atoms. The van der Waals surface area contributed by atoms with Crippen LogP contribution in [0, 0.1) is 6.92 Å². The molecule has 1 aromatic carbocycles. The third kappa shape index (κ3) is 2.30. The highest BCUT2D eigenvalue weighted by Gasteiger charge is 2.40. The van der Waals surface area contributed by atoms with Gasteiger partial charge in [0.15, 0.2) is 0 Å². The molecule has 0 saturated heterocycles. The van der Waals surface area contributed by atoms with E-state index in [-0.39, 0.29) is 11.8 Å². The van der Waals surface area contributed by atoms with E-state index in [1.54, 1.807) is 0 Å². The molecule has 1 aliphatic carbocycles. The Kier molecular flexibility index (Phi) is 3.89. The minimum atomic E-state index is -0.746. The summed E-state index contributed by atoms with van der Waals surface area (Å²) in [7, 11) is 0. The molecule has 0 spiro atoms. The lowest BCUT2D eigenvalue weighted by Gasteiger charge is -2.35. The van der Waals surface area contributed by atoms with Crippen LogP contribution in [0.15, 0.2) is 29.3 Å². The van der Waals surface area contributed by atoms with Crippen molar-refractivity contribution in [2.45, 2.75) is 44.4 Å². The topological polar surface area (TPSA) is 53.1 Å². The van der Waals surface area contributed by atoms with Gasteiger partial charge in [0.25, 0.3) is 0 Å². The Bertz CT molecular complexity index is 762. The molecule has 116 valence electrons. The minimum absolute atomic E-state index is 0.148. The number of H-pyrrole nitrogens is 1. The summed E-state index contributed by atoms with van der Waals surface area (Å²) < 4.78 is 1.08. The Morgan fingerprint density at radius 2 is 2.32 bits per heavy atom. The Balaban J connectivity index is 2.29. The van der Waals surface area contributed by atoms with Crippen LogP contribution >= 0.6 is 15.9 Å². The standard InChI is InChI=1S/C18H20BrNO2/c1-3-8-18(10-14(21)22)9-4-5-12-15-13(19)7-6-11(2)16(15)20-17(12)18/h3,6-7,20H,1,4-5,8-10H2,2H3,(H,21,22). The van der Waals surface area contributed by atoms with Crippen molar-refractivity contribution >= 4 is 32.8 Å². The zero-order chi connectivity index (χ0) is 15.9. The third-order valence-corrected chi connectivity index (χ3v) is 5.51. The van der Waals surface area contributed by atoms with Crippen LogP contribution in [-0.4, -0.2) is 16.1 Å². The second-order valence-electron chi connectivity index (χ2n) is 6.29. The Morgan fingerprint density at radius 3 is 3.00 bits per heavy atom. The molecule has 0 amide bonds. The van der Waals surface area contributed by atoms with Crippen LogP contribution < -0.4 is 0 Å². The zero-order valence-corrected chi connectivity index (χ0v) is 14.3. The molecular weight excluding hydrogens is 342 g/mol. The number of aliphatic carboxylic acids is 1. The molecule has 0 bridgehead atoms. The fourth-order valence-electron chi connectivity index (χ4n) is 3.91. The van der Waals surface area contributed by atoms with Gasteiger partial charge >= 0.3 is 5.97 Å². The highest BCUT2D eigenvalue weighted by molar-refractivity contribution is 9.10. The summed E-state index contributed by atoms with van der Waals surface area (Å²) in [6.45, 7) is 5.94. The predicted octanol–water partition coefficient (Wildman–Crippen LogP) is 4.86. The van der Waals surface area contributed by atoms with E-state index in [0.717, 1.165) is 34.9 Å². The number of benzene rings is 1. The quantitative estimate of drug-likeness (QED) is 0.763. The maximum atomic E-state index is 11.4. The van der Waals surface area contributed by atoms with E-state index in [9.17, 15) is 9.90 Å². The van der Waals surface area contributed by atoms with Gasteiger partial charge in [0.1, 0.15) is 0 Å². The van der Waals surface area contributed by atoms with Gasteiger partial charge in [-0.25, -0.2) is 0 Å². The van der Waals surface area contributed by atoms with Gasteiger partial charge in [0.05, 0.1) is 6.42 Å². The van der Waals surface area contributed by atoms with Crippen molar-refractivity contribution in [1.29, 1.82) is 0 Å². The van der Waals surface area contributed by atoms with Crippen LogP contribution in [-0.2, 0) is 16.6 Å². The number of carboxylic acids is 1. The highest BCUT2D eigenvalue weighted by Crippen LogP contribution is 2.46. The van der Waals surface area contributed by atoms with Crippen molar-refractivity contribution in [3.8, 4) is 0 Å². The first-order valence-corrected chi connectivity index (χ1v) is 8.40. The summed E-state index contributed by atoms with van der Waals surface area (Å²) in [5.41, 5.74) is 4.34. The van der Waals surface area contributed by atoms with Crippen molar-refractivity contribution < 1.29 is 9.90 Å². The van der Waals surface area contributed by atoms with E-state index < -0.39 is 5.97 Å². The summed E-state index contributed by atoms with van der Waals surface area (Å²) in [6, 6.07) is 4.16. The molecule has 4 heteroatoms. The number of hydrogen-bond donors (Lipinski definition) is 2. The van der Waals surface area contributed by atoms with Crippen molar-refractivity contribution in [2.75, 3.05) is 0 Å². The number of aromatic nitrogens is 1. The Morgan fingerprint density at radius 1 is 1.55 bits per heavy atom. The second kappa shape index (κ2) is 5.58. The monoisotopic (exact) mass is 361 g/mol. The fourth-order valence-corrected chi connectivity index (χ4v) is 4.48. The number of carboxylic acid groups (broad SMARTS) is 1. The van der Waals surface area contributed by atoms with Gasteiger partial charge in [0, 0.05) is 26.5 Å². The molecule has 0 aliphatic heterocycles. The molecule has 1 atom stereocenters. The van der Waals surface area contributed by atoms with Gasteiger partial charge in [-0.3, -0.25) is 4.79 Å². The van der Waals surface area contributed by atoms with Crippen LogP contribution in [0.25, 0.3) is 10.9 Å². The molecule has 0 saturated carbocycles. The van der Waals surface area contributed by atoms with Crippen LogP contribution in [0.4, 0.5) is 0 Å². The SMILES string of the molecule is C=CCC1(CC(=O)O)CCCc2c1[nH]c1c(C)ccc(Br)c21. The molecule has 0 radical (unpaired) electrons. The molecule has 1 heterocycles. The summed E-state index contributed by atoms with van der Waals surface area (Å²) in [5.74, 6) is -0.746. The largest absolute Gasteiger partial charge is 0.481 e. The number of allylic oxidation sites excluding steroid dienone is 1. The van der Waals surface area contributed by atoms with Crippen molar-refractivity contribution in [1.82, 2.24) is 4.98 Å². The van der Waals surface area contributed by atoms with Gasteiger partial charge in [-0.2, -0.15) is 0 Å². The van der Waals surface area contributed by atoms with E-state index in [0.29, 0.717) is 6.42 Å². The average molecular weight is 362 g/mol. The van der Waals surface area contributed by atoms with E-state index in [1.165, 1.54) is 16.5 Å². The summed E-state index contributed by atoms with van der Waals surface area (Å²) in [5, 5.41) is 10.6. The number of halogens is 1. The smallest absolute Gasteiger partial charge is 0.304 e. The molecule has 2 N–H and O–H groups in total. The van der Waals surface area contributed by atoms with E-state index in [4.69, 9.17) is 0 Å². The van der Waals surface area contributed by atoms with Crippen LogP contribution in [0.3, 0.4) is 0 Å². The molecule has 3 nitrogen and oxygen atoms in total. The van der Waals surface area contributed by atoms with Gasteiger partial charge in [-0.1, -0.05) is 28.1 Å². The predicted molar refractivity (Wildman–Crippen MR) is 92.4 cm³/mol. The van der Waals surface area contributed by atoms with Crippen molar-refractivity contribution in [2.24, 2.45) is 0 Å². The van der Waals surface area contributed by atoms with Gasteiger partial charge in [0.2, 0.25) is 0 Å². The van der Waals surface area contributed by atoms with Crippen LogP contribution in [0.1, 0.15) is 42.5 Å². The molecule has 1 aromatic heterocycles. The number of carbonyl (C=O) groups is 1. The first kappa shape index (κ1) is 15.3. The lowest BCUT2D eigenvalue weighted by molar-refractivity contribution is -0.138. The maximum absolute atomic E-state index is 11.4. The first-order chi connectivity index (χ1) is 10.5. The molecule has 3 rings (SSSR count). The molecule has 0 fully saturated rings. The average Bonchev–Trinajstić information content (AvgIpc) is 2.85. The second-order valence-corrected chi connectivity index (χ2v) is 7.14. The van der Waals surface area contributed by atoms with Gasteiger partial charge < -0.3 is 10.1 Å². The van der Waals surface area contributed by atoms with E-state index >= 15 is 0 Å². The number of hydrogen-bond acceptors (Lipinski definition) is 1. The summed E-state index contributed by atoms with van der Waals surface area (Å²) >= 11 is 3.66. The lowest BCUT2D eigenvalue weighted by Crippen LogP contribution is -2.33. The lowest BCUT2D eigenvalue weighted by atomic mass is 9.69. The van der Waals surface area contributed by atoms with Gasteiger partial charge in [-0.05, 0) is 49.8 Å². The van der Waals surface area contributed by atoms with E-state index in [1.807, 2.05) is 6.08 Å². The number of nitrogens with one attached hydrogen (secondary N) is 1. The summed E-state index contributed by atoms with van der Waals surface area (Å²) in [4.78, 5) is 15.0. The zero-order valence-electron chi connectivity index (χ0n) is 12.7. The number of fused-ring (bicyclic) bond motifs is 3. The maximum Gasteiger partial charge on any atom is 0.304 e. The van der Waals surface area contributed by atoms with E-state index in [2.05, 4.69) is 46.5 Å². The molecule has 1 unspecified atom stereocenters. The van der Waals surface area contributed by atoms with Crippen LogP contribution in [0.2, 0.25) is 0 Å². The Hall–Kier alpha value is -1.55. The van der Waals surface area contributed by atoms with Crippen LogP contribution in [0.5, 0.6) is 0 Å².